The van der Waals surface area contributed by atoms with E-state index in [0.717, 1.165) is 29.8 Å². The van der Waals surface area contributed by atoms with Crippen LogP contribution in [0.5, 0.6) is 0 Å². The Bertz CT molecular complexity index is 258. The highest BCUT2D eigenvalue weighted by Crippen LogP contribution is 2.16. The van der Waals surface area contributed by atoms with Crippen molar-refractivity contribution in [2.75, 3.05) is 18.0 Å². The summed E-state index contributed by atoms with van der Waals surface area (Å²) in [6.07, 6.45) is 1.86. The molecule has 0 amide bonds. The third kappa shape index (κ3) is 2.13. The predicted molar refractivity (Wildman–Crippen MR) is 52.6 cm³/mol. The first-order valence-electron chi connectivity index (χ1n) is 4.08. The Morgan fingerprint density at radius 3 is 2.58 bits per heavy atom. The van der Waals surface area contributed by atoms with Crippen molar-refractivity contribution in [3.63, 3.8) is 0 Å². The number of hydrogen-bond acceptors (Lipinski definition) is 3. The summed E-state index contributed by atoms with van der Waals surface area (Å²) in [7, 11) is 0. The van der Waals surface area contributed by atoms with Crippen LogP contribution < -0.4 is 17.2 Å². The van der Waals surface area contributed by atoms with Gasteiger partial charge < -0.3 is 17.2 Å². The van der Waals surface area contributed by atoms with Crippen molar-refractivity contribution in [2.45, 2.75) is 12.8 Å². The lowest BCUT2D eigenvalue weighted by Crippen LogP contribution is -2.02. The van der Waals surface area contributed by atoms with Crippen LogP contribution in [0.1, 0.15) is 12.0 Å². The van der Waals surface area contributed by atoms with Crippen LogP contribution in [0.3, 0.4) is 0 Å². The van der Waals surface area contributed by atoms with Gasteiger partial charge in [0.05, 0.1) is 0 Å². The van der Waals surface area contributed by atoms with Crippen LogP contribution in [0.15, 0.2) is 18.2 Å². The molecule has 1 rings (SSSR count). The van der Waals surface area contributed by atoms with Gasteiger partial charge in [0.15, 0.2) is 0 Å². The van der Waals surface area contributed by atoms with E-state index < -0.39 is 0 Å². The minimum absolute atomic E-state index is 0.689. The van der Waals surface area contributed by atoms with E-state index in [9.17, 15) is 0 Å². The van der Waals surface area contributed by atoms with Gasteiger partial charge >= 0.3 is 0 Å². The molecule has 0 aliphatic heterocycles. The second-order valence-corrected chi connectivity index (χ2v) is 2.85. The Morgan fingerprint density at radius 2 is 1.92 bits per heavy atom. The van der Waals surface area contributed by atoms with Gasteiger partial charge in [0.2, 0.25) is 0 Å². The molecule has 0 bridgehead atoms. The monoisotopic (exact) mass is 165 g/mol. The van der Waals surface area contributed by atoms with E-state index in [1.807, 2.05) is 12.1 Å². The maximum atomic E-state index is 5.73. The molecular weight excluding hydrogens is 150 g/mol. The molecule has 0 unspecified atom stereocenters. The Balaban J connectivity index is 2.75. The number of benzene rings is 1. The Kier molecular flexibility index (Phi) is 2.94. The van der Waals surface area contributed by atoms with Crippen LogP contribution >= 0.6 is 0 Å². The highest BCUT2D eigenvalue weighted by atomic mass is 14.6. The van der Waals surface area contributed by atoms with Gasteiger partial charge in [0.1, 0.15) is 0 Å². The van der Waals surface area contributed by atoms with Crippen molar-refractivity contribution < 1.29 is 0 Å². The van der Waals surface area contributed by atoms with Gasteiger partial charge in [-0.15, -0.1) is 0 Å². The lowest BCUT2D eigenvalue weighted by molar-refractivity contribution is 0.834. The second kappa shape index (κ2) is 3.97. The number of hydrogen-bond donors (Lipinski definition) is 3. The summed E-state index contributed by atoms with van der Waals surface area (Å²) in [4.78, 5) is 0. The van der Waals surface area contributed by atoms with Crippen LogP contribution in [-0.4, -0.2) is 6.54 Å². The fourth-order valence-electron chi connectivity index (χ4n) is 1.13. The molecule has 3 heteroatoms. The lowest BCUT2D eigenvalue weighted by Gasteiger charge is -2.05. The van der Waals surface area contributed by atoms with Crippen molar-refractivity contribution in [1.29, 1.82) is 0 Å². The maximum Gasteiger partial charge on any atom is 0.0348 e. The maximum absolute atomic E-state index is 5.73. The molecule has 0 aliphatic rings. The van der Waals surface area contributed by atoms with E-state index in [1.54, 1.807) is 6.07 Å². The molecule has 0 heterocycles. The van der Waals surface area contributed by atoms with Crippen molar-refractivity contribution >= 4 is 11.4 Å². The third-order valence-corrected chi connectivity index (χ3v) is 1.82. The number of nitrogens with two attached hydrogens (primary N) is 3. The van der Waals surface area contributed by atoms with Gasteiger partial charge in [-0.05, 0) is 43.1 Å². The molecule has 6 N–H and O–H groups in total. The first kappa shape index (κ1) is 8.87. The molecule has 12 heavy (non-hydrogen) atoms. The van der Waals surface area contributed by atoms with Gasteiger partial charge in [-0.25, -0.2) is 0 Å². The first-order valence-corrected chi connectivity index (χ1v) is 4.08. The smallest absolute Gasteiger partial charge is 0.0348 e. The summed E-state index contributed by atoms with van der Waals surface area (Å²) >= 11 is 0. The Morgan fingerprint density at radius 1 is 1.17 bits per heavy atom. The molecule has 66 valence electrons. The molecule has 0 fully saturated rings. The molecular formula is C9H15N3. The van der Waals surface area contributed by atoms with Gasteiger partial charge in [-0.3, -0.25) is 0 Å². The van der Waals surface area contributed by atoms with E-state index >= 15 is 0 Å². The van der Waals surface area contributed by atoms with Crippen LogP contribution in [0.2, 0.25) is 0 Å². The molecule has 0 saturated carbocycles. The van der Waals surface area contributed by atoms with Crippen LogP contribution in [0, 0.1) is 0 Å². The van der Waals surface area contributed by atoms with Crippen LogP contribution in [0.4, 0.5) is 11.4 Å². The Labute approximate surface area is 72.5 Å². The van der Waals surface area contributed by atoms with Crippen molar-refractivity contribution in [1.82, 2.24) is 0 Å². The van der Waals surface area contributed by atoms with Gasteiger partial charge in [-0.1, -0.05) is 0 Å². The molecule has 0 aliphatic carbocycles. The van der Waals surface area contributed by atoms with Crippen molar-refractivity contribution in [3.05, 3.63) is 23.8 Å². The average molecular weight is 165 g/mol. The molecule has 1 aromatic carbocycles. The van der Waals surface area contributed by atoms with Crippen LogP contribution in [0.25, 0.3) is 0 Å². The van der Waals surface area contributed by atoms with E-state index in [2.05, 4.69) is 0 Å². The minimum Gasteiger partial charge on any atom is -0.399 e. The summed E-state index contributed by atoms with van der Waals surface area (Å²) in [5, 5.41) is 0. The fraction of sp³-hybridized carbons (Fsp3) is 0.333. The van der Waals surface area contributed by atoms with E-state index in [4.69, 9.17) is 17.2 Å². The summed E-state index contributed by atoms with van der Waals surface area (Å²) in [6.45, 7) is 0.689. The summed E-state index contributed by atoms with van der Waals surface area (Å²) in [5.41, 5.74) is 19.4. The van der Waals surface area contributed by atoms with E-state index in [1.165, 1.54) is 0 Å². The fourth-order valence-corrected chi connectivity index (χ4v) is 1.13. The average Bonchev–Trinajstić information content (AvgIpc) is 2.07. The summed E-state index contributed by atoms with van der Waals surface area (Å²) < 4.78 is 0. The van der Waals surface area contributed by atoms with Gasteiger partial charge in [-0.2, -0.15) is 0 Å². The zero-order chi connectivity index (χ0) is 8.97. The summed E-state index contributed by atoms with van der Waals surface area (Å²) in [6, 6.07) is 5.55. The van der Waals surface area contributed by atoms with E-state index in [-0.39, 0.29) is 0 Å². The predicted octanol–water partition coefficient (Wildman–Crippen LogP) is 0.742. The largest absolute Gasteiger partial charge is 0.399 e. The topological polar surface area (TPSA) is 78.1 Å². The van der Waals surface area contributed by atoms with Gasteiger partial charge in [0.25, 0.3) is 0 Å². The molecule has 0 spiro atoms. The SMILES string of the molecule is NCCCc1cc(N)ccc1N. The molecule has 0 aromatic heterocycles. The molecule has 1 aromatic rings. The summed E-state index contributed by atoms with van der Waals surface area (Å²) in [5.74, 6) is 0. The van der Waals surface area contributed by atoms with Gasteiger partial charge in [0, 0.05) is 11.4 Å². The zero-order valence-electron chi connectivity index (χ0n) is 7.09. The highest BCUT2D eigenvalue weighted by molar-refractivity contribution is 5.55. The molecule has 0 atom stereocenters. The molecule has 3 nitrogen and oxygen atoms in total. The quantitative estimate of drug-likeness (QED) is 0.578. The number of nitrogen functional groups attached to an aromatic ring is 2. The second-order valence-electron chi connectivity index (χ2n) is 2.85. The van der Waals surface area contributed by atoms with Crippen LogP contribution in [-0.2, 0) is 6.42 Å². The third-order valence-electron chi connectivity index (χ3n) is 1.82. The normalized spacial score (nSPS) is 10.1. The van der Waals surface area contributed by atoms with E-state index in [0.29, 0.717) is 6.54 Å². The molecule has 0 saturated heterocycles. The minimum atomic E-state index is 0.689. The molecule has 0 radical (unpaired) electrons. The number of aryl methyl sites for hydroxylation is 1. The van der Waals surface area contributed by atoms with Crippen molar-refractivity contribution in [3.8, 4) is 0 Å². The van der Waals surface area contributed by atoms with Crippen molar-refractivity contribution in [2.24, 2.45) is 5.73 Å². The highest BCUT2D eigenvalue weighted by Gasteiger charge is 1.98. The zero-order valence-corrected chi connectivity index (χ0v) is 7.09. The Hall–Kier alpha value is -1.22. The number of rotatable bonds is 3. The first-order chi connectivity index (χ1) is 5.74. The lowest BCUT2D eigenvalue weighted by atomic mass is 10.1. The number of anilines is 2. The standard InChI is InChI=1S/C9H15N3/c10-5-1-2-7-6-8(11)3-4-9(7)12/h3-4,6H,1-2,5,10-12H2.